The van der Waals surface area contributed by atoms with Crippen molar-refractivity contribution in [2.45, 2.75) is 0 Å². The molecular weight excluding hydrogens is 236 g/mol. The molecule has 0 bridgehead atoms. The van der Waals surface area contributed by atoms with Crippen molar-refractivity contribution in [1.29, 1.82) is 0 Å². The number of pyridine rings is 2. The Kier molecular flexibility index (Phi) is 3.73. The van der Waals surface area contributed by atoms with Gasteiger partial charge < -0.3 is 4.74 Å². The SMILES string of the molecule is COc1cc(C=Cc2ccc(Cl)cn2)ccn1. The van der Waals surface area contributed by atoms with Crippen LogP contribution in [0, 0.1) is 0 Å². The van der Waals surface area contributed by atoms with Crippen molar-refractivity contribution in [2.75, 3.05) is 7.11 Å². The fraction of sp³-hybridized carbons (Fsp3) is 0.0769. The fourth-order valence-electron chi connectivity index (χ4n) is 1.31. The van der Waals surface area contributed by atoms with Crippen LogP contribution in [0.25, 0.3) is 12.2 Å². The van der Waals surface area contributed by atoms with E-state index in [4.69, 9.17) is 16.3 Å². The smallest absolute Gasteiger partial charge is 0.213 e. The highest BCUT2D eigenvalue weighted by Crippen LogP contribution is 2.12. The number of methoxy groups -OCH3 is 1. The van der Waals surface area contributed by atoms with Gasteiger partial charge in [-0.05, 0) is 29.8 Å². The van der Waals surface area contributed by atoms with E-state index in [1.165, 1.54) is 0 Å². The summed E-state index contributed by atoms with van der Waals surface area (Å²) >= 11 is 5.76. The molecule has 0 aliphatic heterocycles. The van der Waals surface area contributed by atoms with Gasteiger partial charge in [0.1, 0.15) is 0 Å². The molecule has 2 aromatic rings. The standard InChI is InChI=1S/C13H11ClN2O/c1-17-13-8-10(6-7-15-13)2-4-12-5-3-11(14)9-16-12/h2-9H,1H3. The van der Waals surface area contributed by atoms with E-state index in [-0.39, 0.29) is 0 Å². The predicted molar refractivity (Wildman–Crippen MR) is 69.0 cm³/mol. The van der Waals surface area contributed by atoms with Crippen LogP contribution in [0.1, 0.15) is 11.3 Å². The molecule has 0 amide bonds. The molecule has 0 radical (unpaired) electrons. The highest BCUT2D eigenvalue weighted by atomic mass is 35.5. The summed E-state index contributed by atoms with van der Waals surface area (Å²) in [6.07, 6.45) is 7.17. The summed E-state index contributed by atoms with van der Waals surface area (Å²) in [6.45, 7) is 0. The molecule has 0 aliphatic rings. The van der Waals surface area contributed by atoms with Crippen LogP contribution in [-0.2, 0) is 0 Å². The Balaban J connectivity index is 2.16. The summed E-state index contributed by atoms with van der Waals surface area (Å²) in [6, 6.07) is 7.42. The molecule has 0 saturated carbocycles. The molecule has 2 aromatic heterocycles. The zero-order valence-electron chi connectivity index (χ0n) is 9.30. The van der Waals surface area contributed by atoms with Crippen LogP contribution >= 0.6 is 11.6 Å². The van der Waals surface area contributed by atoms with Gasteiger partial charge >= 0.3 is 0 Å². The second-order valence-corrected chi connectivity index (χ2v) is 3.80. The number of nitrogens with zero attached hydrogens (tertiary/aromatic N) is 2. The summed E-state index contributed by atoms with van der Waals surface area (Å²) in [4.78, 5) is 8.21. The van der Waals surface area contributed by atoms with Gasteiger partial charge in [0, 0.05) is 18.5 Å². The largest absolute Gasteiger partial charge is 0.481 e. The lowest BCUT2D eigenvalue weighted by molar-refractivity contribution is 0.398. The van der Waals surface area contributed by atoms with Crippen molar-refractivity contribution < 1.29 is 4.74 Å². The van der Waals surface area contributed by atoms with Gasteiger partial charge in [0.05, 0.1) is 17.8 Å². The second kappa shape index (κ2) is 5.46. The topological polar surface area (TPSA) is 35.0 Å². The lowest BCUT2D eigenvalue weighted by Crippen LogP contribution is -1.86. The number of hydrogen-bond acceptors (Lipinski definition) is 3. The Morgan fingerprint density at radius 3 is 2.76 bits per heavy atom. The number of rotatable bonds is 3. The van der Waals surface area contributed by atoms with Gasteiger partial charge in [0.2, 0.25) is 5.88 Å². The third kappa shape index (κ3) is 3.29. The highest BCUT2D eigenvalue weighted by molar-refractivity contribution is 6.30. The minimum Gasteiger partial charge on any atom is -0.481 e. The highest BCUT2D eigenvalue weighted by Gasteiger charge is 1.94. The molecule has 3 nitrogen and oxygen atoms in total. The summed E-state index contributed by atoms with van der Waals surface area (Å²) < 4.78 is 5.04. The molecule has 0 fully saturated rings. The Hall–Kier alpha value is -1.87. The number of halogens is 1. The second-order valence-electron chi connectivity index (χ2n) is 3.37. The molecule has 0 spiro atoms. The minimum absolute atomic E-state index is 0.594. The first kappa shape index (κ1) is 11.6. The molecule has 0 aliphatic carbocycles. The average molecular weight is 247 g/mol. The zero-order chi connectivity index (χ0) is 12.1. The van der Waals surface area contributed by atoms with Gasteiger partial charge in [-0.15, -0.1) is 0 Å². The van der Waals surface area contributed by atoms with E-state index in [1.807, 2.05) is 30.4 Å². The Morgan fingerprint density at radius 2 is 2.06 bits per heavy atom. The van der Waals surface area contributed by atoms with E-state index >= 15 is 0 Å². The molecule has 0 N–H and O–H groups in total. The van der Waals surface area contributed by atoms with Gasteiger partial charge in [-0.3, -0.25) is 4.98 Å². The van der Waals surface area contributed by atoms with Gasteiger partial charge in [0.15, 0.2) is 0 Å². The van der Waals surface area contributed by atoms with Crippen LogP contribution in [0.3, 0.4) is 0 Å². The van der Waals surface area contributed by atoms with Gasteiger partial charge in [-0.25, -0.2) is 4.98 Å². The van der Waals surface area contributed by atoms with Crippen LogP contribution in [-0.4, -0.2) is 17.1 Å². The van der Waals surface area contributed by atoms with Crippen LogP contribution in [0.2, 0.25) is 5.02 Å². The monoisotopic (exact) mass is 246 g/mol. The number of ether oxygens (including phenoxy) is 1. The predicted octanol–water partition coefficient (Wildman–Crippen LogP) is 3.31. The van der Waals surface area contributed by atoms with Gasteiger partial charge in [0.25, 0.3) is 0 Å². The molecule has 0 aromatic carbocycles. The van der Waals surface area contributed by atoms with E-state index < -0.39 is 0 Å². The third-order valence-corrected chi connectivity index (χ3v) is 2.39. The van der Waals surface area contributed by atoms with Crippen LogP contribution in [0.4, 0.5) is 0 Å². The molecule has 2 rings (SSSR count). The van der Waals surface area contributed by atoms with E-state index in [1.54, 1.807) is 25.6 Å². The summed E-state index contributed by atoms with van der Waals surface area (Å²) in [7, 11) is 1.59. The first-order valence-electron chi connectivity index (χ1n) is 5.07. The van der Waals surface area contributed by atoms with E-state index in [9.17, 15) is 0 Å². The number of aromatic nitrogens is 2. The summed E-state index contributed by atoms with van der Waals surface area (Å²) in [5, 5.41) is 0.632. The van der Waals surface area contributed by atoms with Crippen molar-refractivity contribution >= 4 is 23.8 Å². The minimum atomic E-state index is 0.594. The van der Waals surface area contributed by atoms with Gasteiger partial charge in [-0.1, -0.05) is 17.7 Å². The van der Waals surface area contributed by atoms with Crippen LogP contribution in [0.15, 0.2) is 36.7 Å². The van der Waals surface area contributed by atoms with Crippen molar-refractivity contribution in [1.82, 2.24) is 9.97 Å². The van der Waals surface area contributed by atoms with Gasteiger partial charge in [-0.2, -0.15) is 0 Å². The van der Waals surface area contributed by atoms with E-state index in [2.05, 4.69) is 9.97 Å². The summed E-state index contributed by atoms with van der Waals surface area (Å²) in [5.41, 5.74) is 1.86. The first-order chi connectivity index (χ1) is 8.28. The quantitative estimate of drug-likeness (QED) is 0.833. The first-order valence-corrected chi connectivity index (χ1v) is 5.45. The van der Waals surface area contributed by atoms with Crippen molar-refractivity contribution in [3.8, 4) is 5.88 Å². The lowest BCUT2D eigenvalue weighted by atomic mass is 10.2. The lowest BCUT2D eigenvalue weighted by Gasteiger charge is -1.98. The third-order valence-electron chi connectivity index (χ3n) is 2.16. The molecule has 0 atom stereocenters. The molecule has 17 heavy (non-hydrogen) atoms. The fourth-order valence-corrected chi connectivity index (χ4v) is 1.42. The van der Waals surface area contributed by atoms with Crippen LogP contribution < -0.4 is 4.74 Å². The molecule has 0 unspecified atom stereocenters. The molecular formula is C13H11ClN2O. The van der Waals surface area contributed by atoms with E-state index in [0.29, 0.717) is 10.9 Å². The molecule has 2 heterocycles. The molecule has 0 saturated heterocycles. The average Bonchev–Trinajstić information content (AvgIpc) is 2.38. The van der Waals surface area contributed by atoms with E-state index in [0.717, 1.165) is 11.3 Å². The Bertz CT molecular complexity index is 523. The Morgan fingerprint density at radius 1 is 1.18 bits per heavy atom. The maximum Gasteiger partial charge on any atom is 0.213 e. The molecule has 86 valence electrons. The zero-order valence-corrected chi connectivity index (χ0v) is 10.1. The van der Waals surface area contributed by atoms with Crippen LogP contribution in [0.5, 0.6) is 5.88 Å². The maximum absolute atomic E-state index is 5.76. The molecule has 4 heteroatoms. The van der Waals surface area contributed by atoms with Crippen molar-refractivity contribution in [3.05, 3.63) is 52.9 Å². The maximum atomic E-state index is 5.76. The summed E-state index contributed by atoms with van der Waals surface area (Å²) in [5.74, 6) is 0.594. The van der Waals surface area contributed by atoms with Crippen molar-refractivity contribution in [2.24, 2.45) is 0 Å². The normalized spacial score (nSPS) is 10.7. The van der Waals surface area contributed by atoms with Crippen molar-refractivity contribution in [3.63, 3.8) is 0 Å². The Labute approximate surface area is 105 Å². The number of hydrogen-bond donors (Lipinski definition) is 0.